The van der Waals surface area contributed by atoms with Crippen LogP contribution in [0.4, 0.5) is 13.6 Å². The summed E-state index contributed by atoms with van der Waals surface area (Å²) in [6.07, 6.45) is 0.351. The number of alkyl carbamates (subject to hydrolysis) is 1. The number of carbonyl (C=O) groups is 2. The number of hydrogen-bond acceptors (Lipinski definition) is 3. The molecule has 0 saturated heterocycles. The Bertz CT molecular complexity index is 780. The standard InChI is InChI=1S/C16H18F2N2O4/c1-16(2,3)24-15(23)20-12(14(21)22)4-8-7-19-13-10(8)5-9(17)6-11(13)18/h5-7,12,19H,4H2,1-3H3,(H,20,23)(H,21,22). The van der Waals surface area contributed by atoms with Gasteiger partial charge in [-0.1, -0.05) is 0 Å². The van der Waals surface area contributed by atoms with Gasteiger partial charge in [0, 0.05) is 24.1 Å². The van der Waals surface area contributed by atoms with Crippen LogP contribution in [0.5, 0.6) is 0 Å². The maximum Gasteiger partial charge on any atom is 0.408 e. The maximum absolute atomic E-state index is 13.7. The van der Waals surface area contributed by atoms with Crippen LogP contribution in [0.3, 0.4) is 0 Å². The van der Waals surface area contributed by atoms with Gasteiger partial charge in [0.25, 0.3) is 0 Å². The lowest BCUT2D eigenvalue weighted by atomic mass is 10.0. The molecule has 0 aliphatic heterocycles. The van der Waals surface area contributed by atoms with Crippen LogP contribution in [0.15, 0.2) is 18.3 Å². The number of hydrogen-bond donors (Lipinski definition) is 3. The zero-order valence-electron chi connectivity index (χ0n) is 13.4. The second kappa shape index (κ2) is 6.46. The van der Waals surface area contributed by atoms with Crippen molar-refractivity contribution in [2.24, 2.45) is 0 Å². The van der Waals surface area contributed by atoms with Gasteiger partial charge in [-0.2, -0.15) is 0 Å². The largest absolute Gasteiger partial charge is 0.480 e. The molecule has 0 aliphatic rings. The molecule has 0 saturated carbocycles. The highest BCUT2D eigenvalue weighted by atomic mass is 19.1. The molecular formula is C16H18F2N2O4. The van der Waals surface area contributed by atoms with Gasteiger partial charge in [0.15, 0.2) is 0 Å². The van der Waals surface area contributed by atoms with Gasteiger partial charge in [0.2, 0.25) is 0 Å². The second-order valence-electron chi connectivity index (χ2n) is 6.37. The fourth-order valence-corrected chi connectivity index (χ4v) is 2.25. The first-order valence-electron chi connectivity index (χ1n) is 7.24. The lowest BCUT2D eigenvalue weighted by Gasteiger charge is -2.22. The molecule has 1 unspecified atom stereocenters. The molecule has 6 nitrogen and oxygen atoms in total. The molecule has 8 heteroatoms. The Kier molecular flexibility index (Phi) is 4.77. The van der Waals surface area contributed by atoms with Crippen LogP contribution in [0.25, 0.3) is 10.9 Å². The van der Waals surface area contributed by atoms with Crippen LogP contribution >= 0.6 is 0 Å². The number of fused-ring (bicyclic) bond motifs is 1. The van der Waals surface area contributed by atoms with Crippen molar-refractivity contribution < 1.29 is 28.2 Å². The summed E-state index contributed by atoms with van der Waals surface area (Å²) in [5.74, 6) is -2.83. The number of benzene rings is 1. The Hall–Kier alpha value is -2.64. The number of H-pyrrole nitrogens is 1. The molecule has 1 heterocycles. The zero-order chi connectivity index (χ0) is 18.1. The van der Waals surface area contributed by atoms with E-state index in [1.165, 1.54) is 6.20 Å². The van der Waals surface area contributed by atoms with Crippen LogP contribution in [-0.4, -0.2) is 33.8 Å². The third-order valence-corrected chi connectivity index (χ3v) is 3.20. The van der Waals surface area contributed by atoms with Crippen molar-refractivity contribution in [2.75, 3.05) is 0 Å². The monoisotopic (exact) mass is 340 g/mol. The van der Waals surface area contributed by atoms with Crippen molar-refractivity contribution in [3.05, 3.63) is 35.5 Å². The predicted octanol–water partition coefficient (Wildman–Crippen LogP) is 2.97. The van der Waals surface area contributed by atoms with E-state index < -0.39 is 35.3 Å². The molecule has 0 fully saturated rings. The molecule has 1 amide bonds. The second-order valence-corrected chi connectivity index (χ2v) is 6.37. The molecule has 1 aromatic carbocycles. The van der Waals surface area contributed by atoms with Crippen LogP contribution in [0.2, 0.25) is 0 Å². The molecule has 0 radical (unpaired) electrons. The number of carbonyl (C=O) groups excluding carboxylic acids is 1. The van der Waals surface area contributed by atoms with E-state index in [0.717, 1.165) is 12.1 Å². The minimum absolute atomic E-state index is 0.0767. The van der Waals surface area contributed by atoms with Gasteiger partial charge >= 0.3 is 12.1 Å². The van der Waals surface area contributed by atoms with E-state index in [9.17, 15) is 23.5 Å². The van der Waals surface area contributed by atoms with Crippen molar-refractivity contribution in [3.8, 4) is 0 Å². The van der Waals surface area contributed by atoms with E-state index in [4.69, 9.17) is 4.74 Å². The van der Waals surface area contributed by atoms with E-state index in [0.29, 0.717) is 5.56 Å². The van der Waals surface area contributed by atoms with Crippen LogP contribution in [0, 0.1) is 11.6 Å². The van der Waals surface area contributed by atoms with Gasteiger partial charge in [0.05, 0.1) is 5.52 Å². The molecule has 2 rings (SSSR count). The van der Waals surface area contributed by atoms with Gasteiger partial charge in [-0.3, -0.25) is 0 Å². The number of carboxylic acids is 1. The minimum Gasteiger partial charge on any atom is -0.480 e. The first-order valence-corrected chi connectivity index (χ1v) is 7.24. The Labute approximate surface area is 136 Å². The van der Waals surface area contributed by atoms with Gasteiger partial charge in [-0.15, -0.1) is 0 Å². The molecule has 1 atom stereocenters. The van der Waals surface area contributed by atoms with Crippen molar-refractivity contribution in [2.45, 2.75) is 38.8 Å². The highest BCUT2D eigenvalue weighted by Crippen LogP contribution is 2.23. The first kappa shape index (κ1) is 17.7. The van der Waals surface area contributed by atoms with Crippen LogP contribution in [-0.2, 0) is 16.0 Å². The van der Waals surface area contributed by atoms with E-state index in [1.807, 2.05) is 0 Å². The Morgan fingerprint density at radius 2 is 2.00 bits per heavy atom. The van der Waals surface area contributed by atoms with Crippen LogP contribution in [0.1, 0.15) is 26.3 Å². The fourth-order valence-electron chi connectivity index (χ4n) is 2.25. The molecule has 130 valence electrons. The number of rotatable bonds is 4. The summed E-state index contributed by atoms with van der Waals surface area (Å²) < 4.78 is 32.1. The summed E-state index contributed by atoms with van der Waals surface area (Å²) in [5.41, 5.74) is -0.333. The molecule has 3 N–H and O–H groups in total. The smallest absolute Gasteiger partial charge is 0.408 e. The third-order valence-electron chi connectivity index (χ3n) is 3.20. The van der Waals surface area contributed by atoms with Gasteiger partial charge in [-0.05, 0) is 32.4 Å². The van der Waals surface area contributed by atoms with Crippen molar-refractivity contribution in [1.29, 1.82) is 0 Å². The number of ether oxygens (including phenoxy) is 1. The SMILES string of the molecule is CC(C)(C)OC(=O)NC(Cc1c[nH]c2c(F)cc(F)cc12)C(=O)O. The summed E-state index contributed by atoms with van der Waals surface area (Å²) in [6.45, 7) is 4.94. The van der Waals surface area contributed by atoms with Gasteiger partial charge in [-0.25, -0.2) is 18.4 Å². The number of aromatic amines is 1. The van der Waals surface area contributed by atoms with E-state index in [1.54, 1.807) is 20.8 Å². The van der Waals surface area contributed by atoms with Crippen molar-refractivity contribution in [1.82, 2.24) is 10.3 Å². The first-order chi connectivity index (χ1) is 11.1. The van der Waals surface area contributed by atoms with Crippen molar-refractivity contribution >= 4 is 23.0 Å². The minimum atomic E-state index is -1.30. The zero-order valence-corrected chi connectivity index (χ0v) is 13.4. The lowest BCUT2D eigenvalue weighted by molar-refractivity contribution is -0.139. The fraction of sp³-hybridized carbons (Fsp3) is 0.375. The lowest BCUT2D eigenvalue weighted by Crippen LogP contribution is -2.44. The normalized spacial score (nSPS) is 12.9. The third kappa shape index (κ3) is 4.21. The van der Waals surface area contributed by atoms with Crippen molar-refractivity contribution in [3.63, 3.8) is 0 Å². The van der Waals surface area contributed by atoms with Crippen LogP contribution < -0.4 is 5.32 Å². The summed E-state index contributed by atoms with van der Waals surface area (Å²) >= 11 is 0. The number of aliphatic carboxylic acids is 1. The number of amides is 1. The molecule has 0 aliphatic carbocycles. The Balaban J connectivity index is 2.23. The predicted molar refractivity (Wildman–Crippen MR) is 82.7 cm³/mol. The van der Waals surface area contributed by atoms with Gasteiger partial charge < -0.3 is 20.1 Å². The van der Waals surface area contributed by atoms with E-state index >= 15 is 0 Å². The summed E-state index contributed by atoms with van der Waals surface area (Å²) in [5, 5.41) is 11.7. The molecule has 0 spiro atoms. The summed E-state index contributed by atoms with van der Waals surface area (Å²) in [7, 11) is 0. The molecule has 2 aromatic rings. The Morgan fingerprint density at radius 3 is 2.58 bits per heavy atom. The van der Waals surface area contributed by atoms with E-state index in [-0.39, 0.29) is 17.3 Å². The molecule has 0 bridgehead atoms. The number of nitrogens with one attached hydrogen (secondary N) is 2. The average molecular weight is 340 g/mol. The highest BCUT2D eigenvalue weighted by Gasteiger charge is 2.25. The maximum atomic E-state index is 13.7. The number of aromatic nitrogens is 1. The van der Waals surface area contributed by atoms with Gasteiger partial charge in [0.1, 0.15) is 23.3 Å². The highest BCUT2D eigenvalue weighted by molar-refractivity contribution is 5.86. The van der Waals surface area contributed by atoms with E-state index in [2.05, 4.69) is 10.3 Å². The topological polar surface area (TPSA) is 91.4 Å². The molecular weight excluding hydrogens is 322 g/mol. The number of halogens is 2. The average Bonchev–Trinajstić information content (AvgIpc) is 2.79. The molecule has 1 aromatic heterocycles. The quantitative estimate of drug-likeness (QED) is 0.798. The Morgan fingerprint density at radius 1 is 1.33 bits per heavy atom. The summed E-state index contributed by atoms with van der Waals surface area (Å²) in [4.78, 5) is 25.8. The molecule has 24 heavy (non-hydrogen) atoms. The summed E-state index contributed by atoms with van der Waals surface area (Å²) in [6, 6.07) is 0.539. The number of carboxylic acid groups (broad SMARTS) is 1.